The van der Waals surface area contributed by atoms with Crippen LogP contribution in [-0.4, -0.2) is 78.2 Å². The Morgan fingerprint density at radius 1 is 1.15 bits per heavy atom. The lowest BCUT2D eigenvalue weighted by Gasteiger charge is -2.31. The fraction of sp³-hybridized carbons (Fsp3) is 0.333. The number of benzene rings is 2. The number of morpholine rings is 1. The third kappa shape index (κ3) is 4.68. The predicted octanol–water partition coefficient (Wildman–Crippen LogP) is 2.81. The number of rotatable bonds is 6. The monoisotopic (exact) mass is 472 g/mol. The highest BCUT2D eigenvalue weighted by molar-refractivity contribution is 6.46. The van der Waals surface area contributed by atoms with Gasteiger partial charge in [0.05, 0.1) is 37.5 Å². The Kier molecular flexibility index (Phi) is 6.88. The topological polar surface area (TPSA) is 99.5 Å². The molecule has 0 bridgehead atoms. The molecule has 1 atom stereocenters. The zero-order valence-electron chi connectivity index (χ0n) is 18.2. The molecule has 0 radical (unpaired) electrons. The summed E-state index contributed by atoms with van der Waals surface area (Å²) < 4.78 is 10.7. The third-order valence-electron chi connectivity index (χ3n) is 5.92. The normalized spacial score (nSPS) is 20.9. The minimum absolute atomic E-state index is 0.0124. The average Bonchev–Trinajstić information content (AvgIpc) is 3.09. The standard InChI is InChI=1S/C24H25ClN2O6/c1-32-17-4-2-3-15(13-17)21-20(22(29)18-14-16(25)5-6-19(18)28)23(30)24(31)27(21)8-7-26-9-11-33-12-10-26/h2-6,13-14,21,28-29H,7-12H2,1H3/t21-/m0/s1. The van der Waals surface area contributed by atoms with Crippen LogP contribution in [0.25, 0.3) is 5.76 Å². The molecule has 0 spiro atoms. The molecule has 33 heavy (non-hydrogen) atoms. The number of aliphatic hydroxyl groups is 1. The van der Waals surface area contributed by atoms with Crippen LogP contribution >= 0.6 is 11.6 Å². The molecule has 0 saturated carbocycles. The molecule has 1 amide bonds. The molecule has 2 aromatic rings. The second-order valence-corrected chi connectivity index (χ2v) is 8.32. The van der Waals surface area contributed by atoms with Gasteiger partial charge in [-0.05, 0) is 35.9 Å². The zero-order valence-corrected chi connectivity index (χ0v) is 18.9. The van der Waals surface area contributed by atoms with Crippen molar-refractivity contribution in [2.75, 3.05) is 46.5 Å². The molecule has 2 aliphatic heterocycles. The summed E-state index contributed by atoms with van der Waals surface area (Å²) in [5.41, 5.74) is 0.493. The Balaban J connectivity index is 1.79. The number of amides is 1. The average molecular weight is 473 g/mol. The molecule has 8 nitrogen and oxygen atoms in total. The van der Waals surface area contributed by atoms with E-state index in [1.807, 2.05) is 0 Å². The second-order valence-electron chi connectivity index (χ2n) is 7.88. The van der Waals surface area contributed by atoms with E-state index in [0.29, 0.717) is 31.1 Å². The number of nitrogens with zero attached hydrogens (tertiary/aromatic N) is 2. The molecule has 0 unspecified atom stereocenters. The molecule has 9 heteroatoms. The van der Waals surface area contributed by atoms with E-state index >= 15 is 0 Å². The number of phenols is 1. The van der Waals surface area contributed by atoms with E-state index in [2.05, 4.69) is 4.90 Å². The molecule has 2 N–H and O–H groups in total. The van der Waals surface area contributed by atoms with E-state index in [4.69, 9.17) is 21.1 Å². The van der Waals surface area contributed by atoms with Gasteiger partial charge < -0.3 is 24.6 Å². The molecule has 2 saturated heterocycles. The van der Waals surface area contributed by atoms with Gasteiger partial charge in [-0.15, -0.1) is 0 Å². The van der Waals surface area contributed by atoms with Crippen molar-refractivity contribution in [2.45, 2.75) is 6.04 Å². The number of hydrogen-bond donors (Lipinski definition) is 2. The van der Waals surface area contributed by atoms with Crippen molar-refractivity contribution in [1.29, 1.82) is 0 Å². The molecule has 4 rings (SSSR count). The fourth-order valence-corrected chi connectivity index (χ4v) is 4.36. The Bertz CT molecular complexity index is 1100. The summed E-state index contributed by atoms with van der Waals surface area (Å²) in [7, 11) is 1.53. The Hall–Kier alpha value is -3.07. The lowest BCUT2D eigenvalue weighted by molar-refractivity contribution is -0.140. The highest BCUT2D eigenvalue weighted by Gasteiger charge is 2.46. The number of Topliss-reactive ketones (excluding diaryl/α,β-unsaturated/α-hetero) is 1. The van der Waals surface area contributed by atoms with E-state index in [1.54, 1.807) is 24.3 Å². The van der Waals surface area contributed by atoms with Crippen LogP contribution in [0, 0.1) is 0 Å². The number of halogens is 1. The Morgan fingerprint density at radius 2 is 1.91 bits per heavy atom. The molecular weight excluding hydrogens is 448 g/mol. The molecule has 2 aliphatic rings. The van der Waals surface area contributed by atoms with Crippen LogP contribution in [0.2, 0.25) is 5.02 Å². The first kappa shape index (κ1) is 23.1. The van der Waals surface area contributed by atoms with E-state index in [1.165, 1.54) is 30.2 Å². The first-order chi connectivity index (χ1) is 15.9. The van der Waals surface area contributed by atoms with Crippen LogP contribution in [0.15, 0.2) is 48.0 Å². The van der Waals surface area contributed by atoms with Crippen molar-refractivity contribution in [3.05, 3.63) is 64.2 Å². The zero-order chi connectivity index (χ0) is 23.5. The van der Waals surface area contributed by atoms with Crippen LogP contribution in [0.1, 0.15) is 17.2 Å². The van der Waals surface area contributed by atoms with Crippen LogP contribution in [-0.2, 0) is 14.3 Å². The van der Waals surface area contributed by atoms with Crippen molar-refractivity contribution in [2.24, 2.45) is 0 Å². The summed E-state index contributed by atoms with van der Waals surface area (Å²) in [5, 5.41) is 21.7. The van der Waals surface area contributed by atoms with Gasteiger partial charge in [-0.1, -0.05) is 23.7 Å². The van der Waals surface area contributed by atoms with Gasteiger partial charge in [-0.2, -0.15) is 0 Å². The largest absolute Gasteiger partial charge is 0.507 e. The van der Waals surface area contributed by atoms with Gasteiger partial charge in [-0.3, -0.25) is 14.5 Å². The first-order valence-corrected chi connectivity index (χ1v) is 11.0. The van der Waals surface area contributed by atoms with Gasteiger partial charge >= 0.3 is 0 Å². The minimum atomic E-state index is -0.848. The summed E-state index contributed by atoms with van der Waals surface area (Å²) >= 11 is 6.05. The van der Waals surface area contributed by atoms with Gasteiger partial charge in [0.1, 0.15) is 17.3 Å². The summed E-state index contributed by atoms with van der Waals surface area (Å²) in [4.78, 5) is 29.8. The number of methoxy groups -OCH3 is 1. The van der Waals surface area contributed by atoms with Crippen molar-refractivity contribution >= 4 is 29.1 Å². The van der Waals surface area contributed by atoms with Gasteiger partial charge in [0.2, 0.25) is 0 Å². The molecule has 174 valence electrons. The quantitative estimate of drug-likeness (QED) is 0.379. The van der Waals surface area contributed by atoms with E-state index < -0.39 is 23.5 Å². The third-order valence-corrected chi connectivity index (χ3v) is 6.16. The maximum Gasteiger partial charge on any atom is 0.295 e. The van der Waals surface area contributed by atoms with Gasteiger partial charge in [0.25, 0.3) is 11.7 Å². The van der Waals surface area contributed by atoms with E-state index in [9.17, 15) is 19.8 Å². The van der Waals surface area contributed by atoms with Crippen molar-refractivity contribution in [1.82, 2.24) is 9.80 Å². The number of phenolic OH excluding ortho intramolecular Hbond substituents is 1. The fourth-order valence-electron chi connectivity index (χ4n) is 4.19. The van der Waals surface area contributed by atoms with Crippen LogP contribution in [0.5, 0.6) is 11.5 Å². The predicted molar refractivity (Wildman–Crippen MR) is 122 cm³/mol. The minimum Gasteiger partial charge on any atom is -0.507 e. The number of carbonyl (C=O) groups excluding carboxylic acids is 2. The van der Waals surface area contributed by atoms with Crippen molar-refractivity contribution < 1.29 is 29.3 Å². The molecule has 2 heterocycles. The maximum absolute atomic E-state index is 13.1. The number of likely N-dealkylation sites (tertiary alicyclic amines) is 1. The SMILES string of the molecule is COc1cccc([C@H]2C(=C(O)c3cc(Cl)ccc3O)C(=O)C(=O)N2CCN2CCOCC2)c1. The molecule has 0 aromatic heterocycles. The smallest absolute Gasteiger partial charge is 0.295 e. The number of aromatic hydroxyl groups is 1. The van der Waals surface area contributed by atoms with Gasteiger partial charge in [-0.25, -0.2) is 0 Å². The highest BCUT2D eigenvalue weighted by atomic mass is 35.5. The van der Waals surface area contributed by atoms with Crippen LogP contribution in [0.3, 0.4) is 0 Å². The Labute approximate surface area is 196 Å². The number of hydrogen-bond acceptors (Lipinski definition) is 7. The van der Waals surface area contributed by atoms with Crippen LogP contribution < -0.4 is 4.74 Å². The molecule has 2 aromatic carbocycles. The number of ketones is 1. The maximum atomic E-state index is 13.1. The lowest BCUT2D eigenvalue weighted by atomic mass is 9.95. The summed E-state index contributed by atoms with van der Waals surface area (Å²) in [6.07, 6.45) is 0. The van der Waals surface area contributed by atoms with E-state index in [0.717, 1.165) is 13.1 Å². The molecule has 2 fully saturated rings. The summed E-state index contributed by atoms with van der Waals surface area (Å²) in [6, 6.07) is 10.3. The highest BCUT2D eigenvalue weighted by Crippen LogP contribution is 2.41. The summed E-state index contributed by atoms with van der Waals surface area (Å²) in [6.45, 7) is 3.55. The first-order valence-electron chi connectivity index (χ1n) is 10.6. The number of carbonyl (C=O) groups is 2. The summed E-state index contributed by atoms with van der Waals surface area (Å²) in [5.74, 6) is -1.70. The van der Waals surface area contributed by atoms with Crippen molar-refractivity contribution in [3.63, 3.8) is 0 Å². The second kappa shape index (κ2) is 9.82. The van der Waals surface area contributed by atoms with Crippen LogP contribution in [0.4, 0.5) is 0 Å². The van der Waals surface area contributed by atoms with E-state index in [-0.39, 0.29) is 28.5 Å². The number of ether oxygens (including phenoxy) is 2. The Morgan fingerprint density at radius 3 is 2.64 bits per heavy atom. The van der Waals surface area contributed by atoms with Crippen molar-refractivity contribution in [3.8, 4) is 11.5 Å². The number of aliphatic hydroxyl groups excluding tert-OH is 1. The molecular formula is C24H25ClN2O6. The van der Waals surface area contributed by atoms with Gasteiger partial charge in [0, 0.05) is 31.2 Å². The molecule has 0 aliphatic carbocycles. The lowest BCUT2D eigenvalue weighted by Crippen LogP contribution is -2.42. The van der Waals surface area contributed by atoms with Gasteiger partial charge in [0.15, 0.2) is 0 Å².